The van der Waals surface area contributed by atoms with Crippen LogP contribution in [0.4, 0.5) is 0 Å². The SMILES string of the molecule is C/C=C/C=C/C(C)(C)C(=O)On1ccccc1=S. The van der Waals surface area contributed by atoms with E-state index >= 15 is 0 Å². The fourth-order valence-electron chi connectivity index (χ4n) is 1.17. The first-order chi connectivity index (χ1) is 8.47. The molecule has 0 aliphatic carbocycles. The predicted octanol–water partition coefficient (Wildman–Crippen LogP) is 3.33. The van der Waals surface area contributed by atoms with Gasteiger partial charge in [-0.3, -0.25) is 0 Å². The van der Waals surface area contributed by atoms with Crippen molar-refractivity contribution in [2.24, 2.45) is 5.41 Å². The zero-order valence-corrected chi connectivity index (χ0v) is 11.6. The topological polar surface area (TPSA) is 31.2 Å². The van der Waals surface area contributed by atoms with Crippen molar-refractivity contribution in [3.8, 4) is 0 Å². The Morgan fingerprint density at radius 1 is 1.39 bits per heavy atom. The molecule has 0 amide bonds. The van der Waals surface area contributed by atoms with Crippen LogP contribution in [0.1, 0.15) is 20.8 Å². The van der Waals surface area contributed by atoms with Gasteiger partial charge in [0.15, 0.2) is 0 Å². The largest absolute Gasteiger partial charge is 0.342 e. The number of pyridine rings is 1. The Balaban J connectivity index is 2.82. The number of carbonyl (C=O) groups excluding carboxylic acids is 1. The molecule has 0 spiro atoms. The molecule has 0 radical (unpaired) electrons. The van der Waals surface area contributed by atoms with Gasteiger partial charge in [0, 0.05) is 6.20 Å². The van der Waals surface area contributed by atoms with E-state index in [9.17, 15) is 4.79 Å². The van der Waals surface area contributed by atoms with E-state index in [4.69, 9.17) is 17.1 Å². The lowest BCUT2D eigenvalue weighted by molar-refractivity contribution is -0.152. The van der Waals surface area contributed by atoms with E-state index in [1.807, 2.05) is 25.2 Å². The standard InChI is InChI=1S/C14H17NO2S/c1-4-5-7-10-14(2,3)13(16)17-15-11-8-6-9-12(15)18/h4-11H,1-3H3/b5-4+,10-7+. The van der Waals surface area contributed by atoms with Crippen molar-refractivity contribution in [2.75, 3.05) is 0 Å². The van der Waals surface area contributed by atoms with Crippen LogP contribution in [0.3, 0.4) is 0 Å². The second-order valence-electron chi connectivity index (χ2n) is 4.35. The summed E-state index contributed by atoms with van der Waals surface area (Å²) >= 11 is 5.06. The number of nitrogens with zero attached hydrogens (tertiary/aromatic N) is 1. The molecule has 0 aromatic carbocycles. The summed E-state index contributed by atoms with van der Waals surface area (Å²) in [6.45, 7) is 5.50. The number of aromatic nitrogens is 1. The van der Waals surface area contributed by atoms with Gasteiger partial charge >= 0.3 is 5.97 Å². The van der Waals surface area contributed by atoms with Crippen LogP contribution in [0.15, 0.2) is 48.7 Å². The number of hydrogen-bond donors (Lipinski definition) is 0. The average molecular weight is 263 g/mol. The molecule has 0 saturated heterocycles. The highest BCUT2D eigenvalue weighted by Crippen LogP contribution is 2.18. The van der Waals surface area contributed by atoms with Gasteiger partial charge in [-0.1, -0.05) is 42.6 Å². The van der Waals surface area contributed by atoms with E-state index in [0.29, 0.717) is 4.64 Å². The number of rotatable bonds is 4. The molecule has 0 atom stereocenters. The second-order valence-corrected chi connectivity index (χ2v) is 4.77. The molecule has 0 unspecified atom stereocenters. The number of allylic oxidation sites excluding steroid dienone is 3. The minimum Gasteiger partial charge on any atom is -0.335 e. The predicted molar refractivity (Wildman–Crippen MR) is 74.6 cm³/mol. The molecular weight excluding hydrogens is 246 g/mol. The van der Waals surface area contributed by atoms with E-state index in [0.717, 1.165) is 0 Å². The maximum atomic E-state index is 12.0. The average Bonchev–Trinajstić information content (AvgIpc) is 2.32. The first-order valence-electron chi connectivity index (χ1n) is 5.68. The molecule has 4 heteroatoms. The lowest BCUT2D eigenvalue weighted by atomic mass is 9.93. The maximum Gasteiger partial charge on any atom is 0.342 e. The Kier molecular flexibility index (Phi) is 5.04. The quantitative estimate of drug-likeness (QED) is 0.617. The lowest BCUT2D eigenvalue weighted by Crippen LogP contribution is -2.32. The molecule has 3 nitrogen and oxygen atoms in total. The zero-order valence-electron chi connectivity index (χ0n) is 10.8. The second kappa shape index (κ2) is 6.31. The monoisotopic (exact) mass is 263 g/mol. The molecule has 0 fully saturated rings. The highest BCUT2D eigenvalue weighted by Gasteiger charge is 2.27. The van der Waals surface area contributed by atoms with Gasteiger partial charge < -0.3 is 4.84 Å². The third kappa shape index (κ3) is 3.96. The van der Waals surface area contributed by atoms with Gasteiger partial charge in [-0.15, -0.1) is 0 Å². The van der Waals surface area contributed by atoms with Crippen molar-refractivity contribution in [3.05, 3.63) is 53.3 Å². The van der Waals surface area contributed by atoms with Crippen molar-refractivity contribution in [1.29, 1.82) is 0 Å². The fourth-order valence-corrected chi connectivity index (χ4v) is 1.35. The third-order valence-electron chi connectivity index (χ3n) is 2.31. The highest BCUT2D eigenvalue weighted by atomic mass is 32.1. The highest BCUT2D eigenvalue weighted by molar-refractivity contribution is 7.71. The minimum absolute atomic E-state index is 0.356. The summed E-state index contributed by atoms with van der Waals surface area (Å²) in [4.78, 5) is 17.3. The van der Waals surface area contributed by atoms with Gasteiger partial charge in [0.05, 0.1) is 5.41 Å². The van der Waals surface area contributed by atoms with E-state index < -0.39 is 5.41 Å². The Morgan fingerprint density at radius 3 is 2.72 bits per heavy atom. The molecule has 1 aromatic heterocycles. The van der Waals surface area contributed by atoms with Gasteiger partial charge in [-0.25, -0.2) is 4.79 Å². The summed E-state index contributed by atoms with van der Waals surface area (Å²) in [5.74, 6) is -0.356. The van der Waals surface area contributed by atoms with Gasteiger partial charge in [0.25, 0.3) is 0 Å². The van der Waals surface area contributed by atoms with Crippen LogP contribution in [0.2, 0.25) is 0 Å². The smallest absolute Gasteiger partial charge is 0.335 e. The van der Waals surface area contributed by atoms with E-state index in [-0.39, 0.29) is 5.97 Å². The molecule has 18 heavy (non-hydrogen) atoms. The van der Waals surface area contributed by atoms with Gasteiger partial charge in [0.2, 0.25) is 0 Å². The van der Waals surface area contributed by atoms with Crippen LogP contribution in [0.25, 0.3) is 0 Å². The molecule has 96 valence electrons. The van der Waals surface area contributed by atoms with Crippen LogP contribution in [-0.2, 0) is 4.79 Å². The summed E-state index contributed by atoms with van der Waals surface area (Å²) < 4.78 is 1.75. The van der Waals surface area contributed by atoms with Crippen LogP contribution in [0.5, 0.6) is 0 Å². The van der Waals surface area contributed by atoms with Gasteiger partial charge in [-0.2, -0.15) is 4.73 Å². The number of hydrogen-bond acceptors (Lipinski definition) is 3. The van der Waals surface area contributed by atoms with Crippen molar-refractivity contribution >= 4 is 18.2 Å². The Hall–Kier alpha value is -1.68. The molecule has 0 aliphatic heterocycles. The Labute approximate surface area is 112 Å². The molecule has 0 bridgehead atoms. The summed E-state index contributed by atoms with van der Waals surface area (Å²) in [7, 11) is 0. The van der Waals surface area contributed by atoms with Gasteiger partial charge in [0.1, 0.15) is 4.64 Å². The number of carbonyl (C=O) groups is 1. The van der Waals surface area contributed by atoms with Crippen LogP contribution in [-0.4, -0.2) is 10.7 Å². The third-order valence-corrected chi connectivity index (χ3v) is 2.63. The van der Waals surface area contributed by atoms with Crippen molar-refractivity contribution in [1.82, 2.24) is 4.73 Å². The molecule has 0 aliphatic rings. The van der Waals surface area contributed by atoms with Crippen LogP contribution >= 0.6 is 12.2 Å². The van der Waals surface area contributed by atoms with Crippen molar-refractivity contribution in [2.45, 2.75) is 20.8 Å². The molecular formula is C14H17NO2S. The normalized spacial score (nSPS) is 12.2. The van der Waals surface area contributed by atoms with Crippen molar-refractivity contribution in [3.63, 3.8) is 0 Å². The summed E-state index contributed by atoms with van der Waals surface area (Å²) in [5.41, 5.74) is -0.704. The molecule has 1 rings (SSSR count). The first-order valence-corrected chi connectivity index (χ1v) is 6.09. The van der Waals surface area contributed by atoms with E-state index in [2.05, 4.69) is 0 Å². The first kappa shape index (κ1) is 14.4. The van der Waals surface area contributed by atoms with E-state index in [1.54, 1.807) is 44.3 Å². The fraction of sp³-hybridized carbons (Fsp3) is 0.286. The van der Waals surface area contributed by atoms with E-state index in [1.165, 1.54) is 4.73 Å². The summed E-state index contributed by atoms with van der Waals surface area (Å²) in [6, 6.07) is 5.25. The molecule has 1 heterocycles. The molecule has 1 aromatic rings. The minimum atomic E-state index is -0.704. The summed E-state index contributed by atoms with van der Waals surface area (Å²) in [6.07, 6.45) is 8.99. The summed E-state index contributed by atoms with van der Waals surface area (Å²) in [5, 5.41) is 0. The Bertz CT molecular complexity index is 527. The molecule has 0 saturated carbocycles. The lowest BCUT2D eigenvalue weighted by Gasteiger charge is -2.18. The maximum absolute atomic E-state index is 12.0. The van der Waals surface area contributed by atoms with Crippen molar-refractivity contribution < 1.29 is 9.63 Å². The Morgan fingerprint density at radius 2 is 2.11 bits per heavy atom. The molecule has 0 N–H and O–H groups in total. The zero-order chi connectivity index (χ0) is 13.6. The van der Waals surface area contributed by atoms with Crippen LogP contribution in [0, 0.1) is 10.1 Å². The van der Waals surface area contributed by atoms with Gasteiger partial charge in [-0.05, 0) is 32.9 Å². The van der Waals surface area contributed by atoms with Crippen LogP contribution < -0.4 is 4.84 Å².